The lowest BCUT2D eigenvalue weighted by Crippen LogP contribution is -2.39. The summed E-state index contributed by atoms with van der Waals surface area (Å²) in [4.78, 5) is 19.0. The van der Waals surface area contributed by atoms with E-state index >= 15 is 0 Å². The predicted molar refractivity (Wildman–Crippen MR) is 47.8 cm³/mol. The van der Waals surface area contributed by atoms with Gasteiger partial charge in [0.25, 0.3) is 5.91 Å². The molecule has 0 bridgehead atoms. The Hall–Kier alpha value is -1.49. The van der Waals surface area contributed by atoms with E-state index in [1.807, 2.05) is 6.92 Å². The summed E-state index contributed by atoms with van der Waals surface area (Å²) in [6, 6.07) is 0. The van der Waals surface area contributed by atoms with Crippen LogP contribution in [0, 0.1) is 0 Å². The van der Waals surface area contributed by atoms with E-state index in [0.29, 0.717) is 5.69 Å². The zero-order valence-electron chi connectivity index (χ0n) is 7.69. The summed E-state index contributed by atoms with van der Waals surface area (Å²) in [7, 11) is 1.79. The zero-order chi connectivity index (χ0) is 9.68. The SMILES string of the molecule is CCN(C)NC(=O)c1cnccn1. The van der Waals surface area contributed by atoms with Gasteiger partial charge in [-0.25, -0.2) is 9.99 Å². The summed E-state index contributed by atoms with van der Waals surface area (Å²) in [6.07, 6.45) is 4.44. The number of nitrogens with one attached hydrogen (secondary N) is 1. The van der Waals surface area contributed by atoms with Crippen LogP contribution < -0.4 is 5.43 Å². The Bertz CT molecular complexity index is 275. The average Bonchev–Trinajstić information content (AvgIpc) is 2.19. The molecule has 1 amide bonds. The smallest absolute Gasteiger partial charge is 0.284 e. The van der Waals surface area contributed by atoms with Crippen molar-refractivity contribution in [1.82, 2.24) is 20.4 Å². The maximum atomic E-state index is 11.4. The molecule has 0 atom stereocenters. The van der Waals surface area contributed by atoms with Crippen molar-refractivity contribution in [1.29, 1.82) is 0 Å². The minimum Gasteiger partial charge on any atom is -0.284 e. The largest absolute Gasteiger partial charge is 0.285 e. The monoisotopic (exact) mass is 180 g/mol. The first-order valence-corrected chi connectivity index (χ1v) is 4.02. The van der Waals surface area contributed by atoms with Crippen molar-refractivity contribution in [2.24, 2.45) is 0 Å². The van der Waals surface area contributed by atoms with Crippen molar-refractivity contribution >= 4 is 5.91 Å². The Balaban J connectivity index is 2.59. The molecule has 5 nitrogen and oxygen atoms in total. The van der Waals surface area contributed by atoms with Gasteiger partial charge in [-0.05, 0) is 0 Å². The Kier molecular flexibility index (Phi) is 3.33. The van der Waals surface area contributed by atoms with Gasteiger partial charge < -0.3 is 0 Å². The Labute approximate surface area is 76.8 Å². The highest BCUT2D eigenvalue weighted by atomic mass is 16.2. The topological polar surface area (TPSA) is 58.1 Å². The molecule has 0 aliphatic carbocycles. The van der Waals surface area contributed by atoms with E-state index in [4.69, 9.17) is 0 Å². The molecule has 5 heteroatoms. The fourth-order valence-corrected chi connectivity index (χ4v) is 0.726. The standard InChI is InChI=1S/C8H12N4O/c1-3-12(2)11-8(13)7-6-9-4-5-10-7/h4-6H,3H2,1-2H3,(H,11,13). The van der Waals surface area contributed by atoms with Crippen LogP contribution in [0.4, 0.5) is 0 Å². The van der Waals surface area contributed by atoms with E-state index in [-0.39, 0.29) is 5.91 Å². The summed E-state index contributed by atoms with van der Waals surface area (Å²) in [6.45, 7) is 2.68. The Morgan fingerprint density at radius 1 is 1.62 bits per heavy atom. The molecule has 0 aromatic carbocycles. The number of amides is 1. The first kappa shape index (κ1) is 9.60. The van der Waals surface area contributed by atoms with Crippen molar-refractivity contribution in [3.05, 3.63) is 24.3 Å². The highest BCUT2D eigenvalue weighted by molar-refractivity contribution is 5.91. The molecule has 0 saturated heterocycles. The fraction of sp³-hybridized carbons (Fsp3) is 0.375. The summed E-state index contributed by atoms with van der Waals surface area (Å²) >= 11 is 0. The molecule has 1 N–H and O–H groups in total. The van der Waals surface area contributed by atoms with Gasteiger partial charge >= 0.3 is 0 Å². The summed E-state index contributed by atoms with van der Waals surface area (Å²) in [5.74, 6) is -0.238. The van der Waals surface area contributed by atoms with E-state index < -0.39 is 0 Å². The van der Waals surface area contributed by atoms with Crippen LogP contribution >= 0.6 is 0 Å². The molecule has 1 rings (SSSR count). The van der Waals surface area contributed by atoms with Crippen LogP contribution in [-0.2, 0) is 0 Å². The van der Waals surface area contributed by atoms with Crippen LogP contribution in [0.2, 0.25) is 0 Å². The molecule has 0 fully saturated rings. The third kappa shape index (κ3) is 2.79. The van der Waals surface area contributed by atoms with E-state index in [1.165, 1.54) is 18.6 Å². The van der Waals surface area contributed by atoms with E-state index in [1.54, 1.807) is 12.1 Å². The average molecular weight is 180 g/mol. The number of hydrogen-bond acceptors (Lipinski definition) is 4. The van der Waals surface area contributed by atoms with Crippen molar-refractivity contribution < 1.29 is 4.79 Å². The van der Waals surface area contributed by atoms with Crippen LogP contribution in [0.25, 0.3) is 0 Å². The van der Waals surface area contributed by atoms with Gasteiger partial charge in [0, 0.05) is 26.0 Å². The highest BCUT2D eigenvalue weighted by Crippen LogP contribution is 1.89. The van der Waals surface area contributed by atoms with Gasteiger partial charge in [0.2, 0.25) is 0 Å². The van der Waals surface area contributed by atoms with Crippen LogP contribution in [0.15, 0.2) is 18.6 Å². The molecule has 13 heavy (non-hydrogen) atoms. The lowest BCUT2D eigenvalue weighted by Gasteiger charge is -2.14. The third-order valence-electron chi connectivity index (χ3n) is 1.56. The first-order chi connectivity index (χ1) is 6.24. The molecule has 0 spiro atoms. The molecule has 0 radical (unpaired) electrons. The normalized spacial score (nSPS) is 10.1. The Morgan fingerprint density at radius 3 is 2.92 bits per heavy atom. The Morgan fingerprint density at radius 2 is 2.38 bits per heavy atom. The second-order valence-corrected chi connectivity index (χ2v) is 2.55. The molecule has 1 aromatic rings. The first-order valence-electron chi connectivity index (χ1n) is 4.02. The number of hydrogen-bond donors (Lipinski definition) is 1. The molecule has 1 heterocycles. The van der Waals surface area contributed by atoms with Gasteiger partial charge in [-0.3, -0.25) is 15.2 Å². The van der Waals surface area contributed by atoms with E-state index in [0.717, 1.165) is 6.54 Å². The number of carbonyl (C=O) groups excluding carboxylic acids is 1. The van der Waals surface area contributed by atoms with E-state index in [2.05, 4.69) is 15.4 Å². The summed E-state index contributed by atoms with van der Waals surface area (Å²) in [5, 5.41) is 1.68. The predicted octanol–water partition coefficient (Wildman–Crippen LogP) is 0.0731. The van der Waals surface area contributed by atoms with Crippen LogP contribution in [0.3, 0.4) is 0 Å². The minimum atomic E-state index is -0.238. The van der Waals surface area contributed by atoms with Gasteiger partial charge in [-0.15, -0.1) is 0 Å². The van der Waals surface area contributed by atoms with Crippen LogP contribution in [0.1, 0.15) is 17.4 Å². The van der Waals surface area contributed by atoms with Crippen molar-refractivity contribution in [3.63, 3.8) is 0 Å². The maximum absolute atomic E-state index is 11.4. The van der Waals surface area contributed by atoms with Crippen molar-refractivity contribution in [3.8, 4) is 0 Å². The maximum Gasteiger partial charge on any atom is 0.285 e. The summed E-state index contributed by atoms with van der Waals surface area (Å²) in [5.41, 5.74) is 2.96. The minimum absolute atomic E-state index is 0.238. The molecule has 0 aliphatic rings. The van der Waals surface area contributed by atoms with Gasteiger partial charge in [-0.2, -0.15) is 0 Å². The van der Waals surface area contributed by atoms with Crippen molar-refractivity contribution in [2.45, 2.75) is 6.92 Å². The molecule has 70 valence electrons. The van der Waals surface area contributed by atoms with Gasteiger partial charge in [0.15, 0.2) is 0 Å². The number of hydrazine groups is 1. The zero-order valence-corrected chi connectivity index (χ0v) is 7.69. The second-order valence-electron chi connectivity index (χ2n) is 2.55. The lowest BCUT2D eigenvalue weighted by molar-refractivity contribution is 0.0829. The molecular formula is C8H12N4O. The fourth-order valence-electron chi connectivity index (χ4n) is 0.726. The molecule has 1 aromatic heterocycles. The number of nitrogens with zero attached hydrogens (tertiary/aromatic N) is 3. The van der Waals surface area contributed by atoms with Crippen LogP contribution in [0.5, 0.6) is 0 Å². The van der Waals surface area contributed by atoms with Gasteiger partial charge in [0.1, 0.15) is 5.69 Å². The van der Waals surface area contributed by atoms with Crippen molar-refractivity contribution in [2.75, 3.05) is 13.6 Å². The lowest BCUT2D eigenvalue weighted by atomic mass is 10.4. The third-order valence-corrected chi connectivity index (χ3v) is 1.56. The van der Waals surface area contributed by atoms with E-state index in [9.17, 15) is 4.79 Å². The van der Waals surface area contributed by atoms with Gasteiger partial charge in [0.05, 0.1) is 6.20 Å². The molecular weight excluding hydrogens is 168 g/mol. The van der Waals surface area contributed by atoms with Crippen LogP contribution in [-0.4, -0.2) is 34.5 Å². The summed E-state index contributed by atoms with van der Waals surface area (Å²) < 4.78 is 0. The number of aromatic nitrogens is 2. The molecule has 0 unspecified atom stereocenters. The second kappa shape index (κ2) is 4.51. The molecule has 0 aliphatic heterocycles. The number of carbonyl (C=O) groups is 1. The van der Waals surface area contributed by atoms with Gasteiger partial charge in [-0.1, -0.05) is 6.92 Å². The highest BCUT2D eigenvalue weighted by Gasteiger charge is 2.07. The number of rotatable bonds is 3. The quantitative estimate of drug-likeness (QED) is 0.669. The molecule has 0 saturated carbocycles.